The predicted molar refractivity (Wildman–Crippen MR) is 146 cm³/mol. The molecule has 8 N–H and O–H groups in total. The number of benzene rings is 2. The molecule has 1 aliphatic heterocycles. The Balaban J connectivity index is 0.000000591. The van der Waals surface area contributed by atoms with Gasteiger partial charge in [0, 0.05) is 42.0 Å². The van der Waals surface area contributed by atoms with E-state index in [-0.39, 0.29) is 40.8 Å². The molecular weight excluding hydrogens is 609 g/mol. The average molecular weight is 641 g/mol. The Morgan fingerprint density at radius 1 is 1.09 bits per heavy atom. The van der Waals surface area contributed by atoms with E-state index in [1.807, 2.05) is 0 Å². The fourth-order valence-corrected chi connectivity index (χ4v) is 5.66. The zero-order chi connectivity index (χ0) is 33.8. The van der Waals surface area contributed by atoms with Gasteiger partial charge in [-0.3, -0.25) is 19.2 Å². The van der Waals surface area contributed by atoms with Gasteiger partial charge in [0.15, 0.2) is 17.9 Å². The van der Waals surface area contributed by atoms with E-state index in [2.05, 4.69) is 5.73 Å². The lowest BCUT2D eigenvalue weighted by molar-refractivity contribution is -0.247. The number of phenols is 2. The summed E-state index contributed by atoms with van der Waals surface area (Å²) < 4.78 is 49.2. The number of phenolic OH excluding ortho intramolecular Hbond substituents is 2. The summed E-state index contributed by atoms with van der Waals surface area (Å²) in [6.45, 7) is 2.79. The topological polar surface area (TPSA) is 229 Å². The summed E-state index contributed by atoms with van der Waals surface area (Å²) in [7, 11) is 1.34. The highest BCUT2D eigenvalue weighted by molar-refractivity contribution is 6.31. The number of fused-ring (bicyclic) bond motifs is 3. The predicted octanol–water partition coefficient (Wildman–Crippen LogP) is 1.06. The first kappa shape index (κ1) is 33.8. The summed E-state index contributed by atoms with van der Waals surface area (Å²) in [4.78, 5) is 48.7. The van der Waals surface area contributed by atoms with Crippen LogP contribution in [-0.2, 0) is 25.5 Å². The van der Waals surface area contributed by atoms with E-state index in [9.17, 15) is 48.0 Å². The first-order chi connectivity index (χ1) is 20.8. The van der Waals surface area contributed by atoms with E-state index in [0.29, 0.717) is 0 Å². The molecule has 244 valence electrons. The normalized spacial score (nSPS) is 27.4. The Labute approximate surface area is 253 Å². The number of hydrogen-bond acceptors (Lipinski definition) is 12. The Hall–Kier alpha value is -4.09. The lowest BCUT2D eigenvalue weighted by Gasteiger charge is -2.42. The Kier molecular flexibility index (Phi) is 9.02. The first-order valence-electron chi connectivity index (χ1n) is 13.6. The summed E-state index contributed by atoms with van der Waals surface area (Å²) in [5.74, 6) is -5.43. The molecule has 0 spiro atoms. The number of carbonyl (C=O) groups is 4. The highest BCUT2D eigenvalue weighted by Crippen LogP contribution is 2.52. The molecule has 0 radical (unpaired) electrons. The van der Waals surface area contributed by atoms with E-state index >= 15 is 0 Å². The number of alkyl halides is 3. The Morgan fingerprint density at radius 3 is 2.22 bits per heavy atom. The van der Waals surface area contributed by atoms with Gasteiger partial charge in [-0.25, -0.2) is 0 Å². The molecule has 1 amide bonds. The van der Waals surface area contributed by atoms with Crippen molar-refractivity contribution in [1.29, 1.82) is 0 Å². The molecule has 0 saturated carbocycles. The Morgan fingerprint density at radius 2 is 1.69 bits per heavy atom. The molecule has 2 aliphatic carbocycles. The van der Waals surface area contributed by atoms with Gasteiger partial charge in [-0.15, -0.1) is 0 Å². The lowest BCUT2D eigenvalue weighted by atomic mass is 9.72. The van der Waals surface area contributed by atoms with Crippen LogP contribution in [0.15, 0.2) is 18.2 Å². The van der Waals surface area contributed by atoms with E-state index in [1.165, 1.54) is 32.2 Å². The van der Waals surface area contributed by atoms with Crippen molar-refractivity contribution in [1.82, 2.24) is 0 Å². The molecule has 16 heteroatoms. The summed E-state index contributed by atoms with van der Waals surface area (Å²) in [6.07, 6.45) is -9.39. The number of ether oxygens (including phenoxy) is 3. The third-order valence-electron chi connectivity index (χ3n) is 8.08. The van der Waals surface area contributed by atoms with E-state index < -0.39 is 94.7 Å². The fraction of sp³-hybridized carbons (Fsp3) is 0.448. The zero-order valence-corrected chi connectivity index (χ0v) is 24.2. The fourth-order valence-electron chi connectivity index (χ4n) is 5.66. The largest absolute Gasteiger partial charge is 0.507 e. The van der Waals surface area contributed by atoms with E-state index in [4.69, 9.17) is 24.7 Å². The van der Waals surface area contributed by atoms with E-state index in [0.717, 1.165) is 0 Å². The quantitative estimate of drug-likeness (QED) is 0.220. The lowest BCUT2D eigenvalue weighted by Crippen LogP contribution is -2.52. The number of Topliss-reactive ketones (excluding diaryl/α,β-unsaturated/α-hetero) is 1. The van der Waals surface area contributed by atoms with Gasteiger partial charge in [0.05, 0.1) is 42.1 Å². The molecule has 0 bridgehead atoms. The van der Waals surface area contributed by atoms with Crippen molar-refractivity contribution in [2.24, 2.45) is 11.5 Å². The van der Waals surface area contributed by atoms with Gasteiger partial charge in [-0.2, -0.15) is 13.2 Å². The minimum Gasteiger partial charge on any atom is -0.507 e. The molecule has 0 aromatic heterocycles. The number of nitrogens with two attached hydrogens (primary N) is 2. The highest BCUT2D eigenvalue weighted by atomic mass is 19.4. The molecule has 6 atom stereocenters. The molecule has 2 aromatic carbocycles. The van der Waals surface area contributed by atoms with Gasteiger partial charge < -0.3 is 46.1 Å². The number of aromatic hydroxyl groups is 2. The van der Waals surface area contributed by atoms with Crippen molar-refractivity contribution in [3.05, 3.63) is 51.6 Å². The maximum atomic E-state index is 13.6. The second kappa shape index (κ2) is 12.0. The second-order valence-corrected chi connectivity index (χ2v) is 11.0. The van der Waals surface area contributed by atoms with Crippen molar-refractivity contribution >= 4 is 23.3 Å². The smallest absolute Gasteiger partial charge is 0.470 e. The Bertz CT molecular complexity index is 1570. The molecule has 1 fully saturated rings. The third kappa shape index (κ3) is 5.98. The second-order valence-electron chi connectivity index (χ2n) is 11.0. The van der Waals surface area contributed by atoms with Gasteiger partial charge in [0.2, 0.25) is 5.78 Å². The van der Waals surface area contributed by atoms with Crippen LogP contribution in [0.5, 0.6) is 17.2 Å². The van der Waals surface area contributed by atoms with Crippen molar-refractivity contribution in [2.45, 2.75) is 75.5 Å². The number of halogens is 3. The molecule has 4 unspecified atom stereocenters. The van der Waals surface area contributed by atoms with Gasteiger partial charge in [-0.05, 0) is 19.9 Å². The number of amides is 1. The maximum Gasteiger partial charge on any atom is 0.470 e. The standard InChI is InChI=1S/C27H29NO10.C2H2F3NO/c1-10-22(30)14(28)7-17(37-10)38-16-9-27(35,11(2)29)8-13-19(16)26(34)21-20(24(13)32)23(31)12-5-4-6-15(36-3)18(12)25(21)33;3-2(4,5)1(6)7/h4-6,10,14,16-17,22,30,32,34-35H,7-9,28H2,1-3H3;(H2,6,7)/t10?,14?,16-,17?,22?,27-;/m0./s1. The molecule has 3 aliphatic rings. The van der Waals surface area contributed by atoms with Crippen molar-refractivity contribution in [2.75, 3.05) is 7.11 Å². The van der Waals surface area contributed by atoms with Crippen LogP contribution in [-0.4, -0.2) is 87.1 Å². The number of primary amides is 1. The number of aliphatic hydroxyl groups is 2. The average Bonchev–Trinajstić information content (AvgIpc) is 2.95. The first-order valence-corrected chi connectivity index (χ1v) is 13.6. The third-order valence-corrected chi connectivity index (χ3v) is 8.08. The van der Waals surface area contributed by atoms with Crippen LogP contribution in [0, 0.1) is 0 Å². The number of hydrogen-bond donors (Lipinski definition) is 6. The number of carbonyl (C=O) groups excluding carboxylic acids is 4. The van der Waals surface area contributed by atoms with Gasteiger partial charge in [0.1, 0.15) is 22.8 Å². The van der Waals surface area contributed by atoms with Crippen LogP contribution in [0.2, 0.25) is 0 Å². The van der Waals surface area contributed by atoms with Crippen LogP contribution >= 0.6 is 0 Å². The summed E-state index contributed by atoms with van der Waals surface area (Å²) in [5.41, 5.74) is 6.78. The van der Waals surface area contributed by atoms with Crippen molar-refractivity contribution < 1.29 is 67.0 Å². The van der Waals surface area contributed by atoms with Crippen LogP contribution in [0.25, 0.3) is 0 Å². The summed E-state index contributed by atoms with van der Waals surface area (Å²) in [6, 6.07) is 3.75. The maximum absolute atomic E-state index is 13.6. The molecule has 5 rings (SSSR count). The molecule has 45 heavy (non-hydrogen) atoms. The van der Waals surface area contributed by atoms with Crippen LogP contribution < -0.4 is 16.2 Å². The number of methoxy groups -OCH3 is 1. The van der Waals surface area contributed by atoms with Crippen LogP contribution in [0.1, 0.15) is 75.8 Å². The van der Waals surface area contributed by atoms with Crippen LogP contribution in [0.4, 0.5) is 13.2 Å². The van der Waals surface area contributed by atoms with Crippen molar-refractivity contribution in [3.63, 3.8) is 0 Å². The molecule has 2 aromatic rings. The zero-order valence-electron chi connectivity index (χ0n) is 24.2. The van der Waals surface area contributed by atoms with Crippen molar-refractivity contribution in [3.8, 4) is 17.2 Å². The minimum atomic E-state index is -4.86. The summed E-state index contributed by atoms with van der Waals surface area (Å²) in [5, 5.41) is 44.1. The summed E-state index contributed by atoms with van der Waals surface area (Å²) >= 11 is 0. The van der Waals surface area contributed by atoms with E-state index in [1.54, 1.807) is 6.92 Å². The number of ketones is 3. The van der Waals surface area contributed by atoms with Gasteiger partial charge in [0.25, 0.3) is 0 Å². The molecule has 1 saturated heterocycles. The SMILES string of the molecule is COc1cccc2c1C(=O)c1c(O)c3c(c(O)c1C2=O)C[C@@](O)(C(C)=O)C[C@@H]3OC1CC(N)C(O)C(C)O1.NC(=O)C(F)(F)F. The van der Waals surface area contributed by atoms with Gasteiger partial charge in [-0.1, -0.05) is 12.1 Å². The number of rotatable bonds is 4. The molecular formula is C29H31F3N2O11. The minimum absolute atomic E-state index is 0.0147. The molecule has 13 nitrogen and oxygen atoms in total. The number of aliphatic hydroxyl groups excluding tert-OH is 1. The van der Waals surface area contributed by atoms with Gasteiger partial charge >= 0.3 is 12.1 Å². The monoisotopic (exact) mass is 640 g/mol. The van der Waals surface area contributed by atoms with Crippen LogP contribution in [0.3, 0.4) is 0 Å². The highest BCUT2D eigenvalue weighted by Gasteiger charge is 2.49. The molecule has 1 heterocycles.